The van der Waals surface area contributed by atoms with E-state index in [1.807, 2.05) is 39.8 Å². The van der Waals surface area contributed by atoms with Crippen LogP contribution in [0.1, 0.15) is 38.3 Å². The van der Waals surface area contributed by atoms with Crippen LogP contribution < -0.4 is 20.2 Å². The van der Waals surface area contributed by atoms with Crippen LogP contribution in [0.2, 0.25) is 0 Å². The number of carbonyl (C=O) groups is 2. The minimum Gasteiger partial charge on any atom is -0.490 e. The maximum atomic E-state index is 11.9. The second-order valence-corrected chi connectivity index (χ2v) is 6.69. The SMILES string of the molecule is CCOc1cc(C=NNC(=O)CC(=O)Nc2ccc(C)cc2)ccc1OC(C)C. The van der Waals surface area contributed by atoms with Crippen molar-refractivity contribution < 1.29 is 19.1 Å². The molecule has 2 rings (SSSR count). The highest BCUT2D eigenvalue weighted by molar-refractivity contribution is 6.03. The standard InChI is InChI=1S/C22H27N3O4/c1-5-28-20-12-17(8-11-19(20)29-15(2)3)14-23-25-22(27)13-21(26)24-18-9-6-16(4)7-10-18/h6-12,14-15H,5,13H2,1-4H3,(H,24,26)(H,25,27). The van der Waals surface area contributed by atoms with Gasteiger partial charge < -0.3 is 14.8 Å². The Hall–Kier alpha value is -3.35. The number of benzene rings is 2. The van der Waals surface area contributed by atoms with Gasteiger partial charge in [0.1, 0.15) is 6.42 Å². The van der Waals surface area contributed by atoms with Crippen LogP contribution >= 0.6 is 0 Å². The molecule has 29 heavy (non-hydrogen) atoms. The summed E-state index contributed by atoms with van der Waals surface area (Å²) in [5.74, 6) is 0.343. The predicted molar refractivity (Wildman–Crippen MR) is 114 cm³/mol. The molecule has 2 aromatic carbocycles. The number of nitrogens with one attached hydrogen (secondary N) is 2. The molecule has 0 spiro atoms. The largest absolute Gasteiger partial charge is 0.490 e. The van der Waals surface area contributed by atoms with Crippen molar-refractivity contribution in [3.05, 3.63) is 53.6 Å². The molecule has 0 heterocycles. The zero-order valence-corrected chi connectivity index (χ0v) is 17.2. The molecule has 2 aromatic rings. The second kappa shape index (κ2) is 10.8. The van der Waals surface area contributed by atoms with Crippen LogP contribution in [0.15, 0.2) is 47.6 Å². The average molecular weight is 397 g/mol. The smallest absolute Gasteiger partial charge is 0.249 e. The molecule has 2 N–H and O–H groups in total. The van der Waals surface area contributed by atoms with Gasteiger partial charge in [-0.1, -0.05) is 17.7 Å². The van der Waals surface area contributed by atoms with Crippen LogP contribution in [0.25, 0.3) is 0 Å². The number of amides is 2. The Morgan fingerprint density at radius 1 is 1.07 bits per heavy atom. The topological polar surface area (TPSA) is 89.0 Å². The maximum Gasteiger partial charge on any atom is 0.249 e. The molecule has 0 fully saturated rings. The predicted octanol–water partition coefficient (Wildman–Crippen LogP) is 3.66. The van der Waals surface area contributed by atoms with Gasteiger partial charge >= 0.3 is 0 Å². The van der Waals surface area contributed by atoms with E-state index in [-0.39, 0.29) is 12.5 Å². The monoisotopic (exact) mass is 397 g/mol. The maximum absolute atomic E-state index is 11.9. The number of nitrogens with zero attached hydrogens (tertiary/aromatic N) is 1. The Morgan fingerprint density at radius 2 is 1.79 bits per heavy atom. The molecule has 0 unspecified atom stereocenters. The first kappa shape index (κ1) is 21.9. The fraction of sp³-hybridized carbons (Fsp3) is 0.318. The van der Waals surface area contributed by atoms with Gasteiger partial charge in [-0.05, 0) is 63.6 Å². The highest BCUT2D eigenvalue weighted by Gasteiger charge is 2.10. The molecule has 7 heteroatoms. The van der Waals surface area contributed by atoms with Gasteiger partial charge in [0.15, 0.2) is 11.5 Å². The third-order valence-electron chi connectivity index (χ3n) is 3.69. The number of aryl methyl sites for hydroxylation is 1. The lowest BCUT2D eigenvalue weighted by Gasteiger charge is -2.14. The van der Waals surface area contributed by atoms with E-state index >= 15 is 0 Å². The van der Waals surface area contributed by atoms with Gasteiger partial charge in [-0.3, -0.25) is 9.59 Å². The van der Waals surface area contributed by atoms with Crippen LogP contribution in [0, 0.1) is 6.92 Å². The minimum atomic E-state index is -0.504. The van der Waals surface area contributed by atoms with E-state index in [1.165, 1.54) is 6.21 Å². The van der Waals surface area contributed by atoms with E-state index in [2.05, 4.69) is 15.8 Å². The quantitative estimate of drug-likeness (QED) is 0.384. The molecule has 7 nitrogen and oxygen atoms in total. The third kappa shape index (κ3) is 7.65. The summed E-state index contributed by atoms with van der Waals surface area (Å²) < 4.78 is 11.3. The molecule has 0 saturated carbocycles. The van der Waals surface area contributed by atoms with Crippen molar-refractivity contribution in [3.63, 3.8) is 0 Å². The van der Waals surface area contributed by atoms with Crippen LogP contribution in [0.3, 0.4) is 0 Å². The van der Waals surface area contributed by atoms with Crippen LogP contribution in [0.5, 0.6) is 11.5 Å². The molecule has 0 aliphatic rings. The molecule has 154 valence electrons. The summed E-state index contributed by atoms with van der Waals surface area (Å²) in [6, 6.07) is 12.7. The summed E-state index contributed by atoms with van der Waals surface area (Å²) in [6.07, 6.45) is 1.19. The highest BCUT2D eigenvalue weighted by atomic mass is 16.5. The van der Waals surface area contributed by atoms with E-state index in [9.17, 15) is 9.59 Å². The van der Waals surface area contributed by atoms with Crippen molar-refractivity contribution >= 4 is 23.7 Å². The molecule has 0 saturated heterocycles. The molecule has 0 aliphatic heterocycles. The summed E-state index contributed by atoms with van der Waals surface area (Å²) in [6.45, 7) is 8.23. The van der Waals surface area contributed by atoms with Gasteiger partial charge in [-0.25, -0.2) is 5.43 Å². The number of carbonyl (C=O) groups excluding carboxylic acids is 2. The fourth-order valence-electron chi connectivity index (χ4n) is 2.43. The van der Waals surface area contributed by atoms with Gasteiger partial charge in [0.05, 0.1) is 18.9 Å². The lowest BCUT2D eigenvalue weighted by atomic mass is 10.2. The first-order valence-electron chi connectivity index (χ1n) is 9.49. The van der Waals surface area contributed by atoms with Gasteiger partial charge in [0, 0.05) is 5.69 Å². The van der Waals surface area contributed by atoms with Crippen LogP contribution in [0.4, 0.5) is 5.69 Å². The van der Waals surface area contributed by atoms with Crippen molar-refractivity contribution in [1.82, 2.24) is 5.43 Å². The van der Waals surface area contributed by atoms with Crippen molar-refractivity contribution in [3.8, 4) is 11.5 Å². The normalized spacial score (nSPS) is 10.8. The minimum absolute atomic E-state index is 0.0269. The van der Waals surface area contributed by atoms with Gasteiger partial charge in [0.25, 0.3) is 0 Å². The van der Waals surface area contributed by atoms with E-state index in [0.717, 1.165) is 11.1 Å². The van der Waals surface area contributed by atoms with Crippen molar-refractivity contribution in [2.24, 2.45) is 5.10 Å². The molecular weight excluding hydrogens is 370 g/mol. The number of ether oxygens (including phenoxy) is 2. The Kier molecular flexibility index (Phi) is 8.21. The zero-order valence-electron chi connectivity index (χ0n) is 17.2. The summed E-state index contributed by atoms with van der Waals surface area (Å²) in [5, 5.41) is 6.57. The number of anilines is 1. The number of hydrogen-bond acceptors (Lipinski definition) is 5. The molecule has 0 aliphatic carbocycles. The van der Waals surface area contributed by atoms with Gasteiger partial charge in [0.2, 0.25) is 11.8 Å². The summed E-state index contributed by atoms with van der Waals surface area (Å²) >= 11 is 0. The second-order valence-electron chi connectivity index (χ2n) is 6.69. The van der Waals surface area contributed by atoms with Gasteiger partial charge in [-0.2, -0.15) is 5.10 Å². The van der Waals surface area contributed by atoms with Crippen LogP contribution in [-0.4, -0.2) is 30.7 Å². The van der Waals surface area contributed by atoms with Crippen molar-refractivity contribution in [2.45, 2.75) is 40.2 Å². The summed E-state index contributed by atoms with van der Waals surface area (Å²) in [7, 11) is 0. The van der Waals surface area contributed by atoms with Crippen molar-refractivity contribution in [2.75, 3.05) is 11.9 Å². The Balaban J connectivity index is 1.89. The summed E-state index contributed by atoms with van der Waals surface area (Å²) in [5.41, 5.74) is 4.82. The van der Waals surface area contributed by atoms with E-state index < -0.39 is 11.8 Å². The number of hydrogen-bond donors (Lipinski definition) is 2. The van der Waals surface area contributed by atoms with E-state index in [0.29, 0.717) is 23.8 Å². The molecule has 0 radical (unpaired) electrons. The Morgan fingerprint density at radius 3 is 2.45 bits per heavy atom. The lowest BCUT2D eigenvalue weighted by molar-refractivity contribution is -0.126. The molecule has 0 aromatic heterocycles. The van der Waals surface area contributed by atoms with Crippen LogP contribution in [-0.2, 0) is 9.59 Å². The first-order chi connectivity index (χ1) is 13.9. The molecular formula is C22H27N3O4. The third-order valence-corrected chi connectivity index (χ3v) is 3.69. The first-order valence-corrected chi connectivity index (χ1v) is 9.49. The Bertz CT molecular complexity index is 861. The summed E-state index contributed by atoms with van der Waals surface area (Å²) in [4.78, 5) is 23.8. The zero-order chi connectivity index (χ0) is 21.2. The molecule has 2 amide bonds. The van der Waals surface area contributed by atoms with E-state index in [1.54, 1.807) is 30.3 Å². The average Bonchev–Trinajstić information content (AvgIpc) is 2.65. The number of hydrazone groups is 1. The van der Waals surface area contributed by atoms with Crippen molar-refractivity contribution in [1.29, 1.82) is 0 Å². The highest BCUT2D eigenvalue weighted by Crippen LogP contribution is 2.28. The molecule has 0 bridgehead atoms. The molecule has 0 atom stereocenters. The Labute approximate surface area is 171 Å². The lowest BCUT2D eigenvalue weighted by Crippen LogP contribution is -2.24. The fourth-order valence-corrected chi connectivity index (χ4v) is 2.43. The number of rotatable bonds is 9. The van der Waals surface area contributed by atoms with Gasteiger partial charge in [-0.15, -0.1) is 0 Å². The van der Waals surface area contributed by atoms with E-state index in [4.69, 9.17) is 9.47 Å².